The molecule has 1 fully saturated rings. The number of carbonyl (C=O) groups is 1. The van der Waals surface area contributed by atoms with Gasteiger partial charge in [0.2, 0.25) is 5.82 Å². The number of halogens is 2. The number of nitrogens with one attached hydrogen (secondary N) is 1. The maximum absolute atomic E-state index is 13.3. The average Bonchev–Trinajstić information content (AvgIpc) is 3.28. The zero-order valence-corrected chi connectivity index (χ0v) is 19.1. The number of tetrazole rings is 1. The molecule has 2 heterocycles. The van der Waals surface area contributed by atoms with E-state index in [1.165, 1.54) is 12.1 Å². The zero-order chi connectivity index (χ0) is 23.4. The molecule has 0 unspecified atom stereocenters. The summed E-state index contributed by atoms with van der Waals surface area (Å²) < 4.78 is 13.3. The second-order valence-corrected chi connectivity index (χ2v) is 8.96. The fourth-order valence-corrected chi connectivity index (χ4v) is 4.30. The average molecular weight is 473 g/mol. The molecule has 2 N–H and O–H groups in total. The molecular formula is C23H26ClFN6O2. The molecule has 8 nitrogen and oxygen atoms in total. The lowest BCUT2D eigenvalue weighted by molar-refractivity contribution is 0.0945. The normalized spacial score (nSPS) is 18.3. The van der Waals surface area contributed by atoms with E-state index in [4.69, 9.17) is 11.6 Å². The predicted molar refractivity (Wildman–Crippen MR) is 121 cm³/mol. The molecule has 0 bridgehead atoms. The summed E-state index contributed by atoms with van der Waals surface area (Å²) in [5.41, 5.74) is 2.23. The summed E-state index contributed by atoms with van der Waals surface area (Å²) in [5.74, 6) is 0.438. The summed E-state index contributed by atoms with van der Waals surface area (Å²) >= 11 is 5.80. The van der Waals surface area contributed by atoms with E-state index in [0.29, 0.717) is 41.0 Å². The van der Waals surface area contributed by atoms with E-state index in [1.807, 2.05) is 6.07 Å². The number of rotatable bonds is 7. The van der Waals surface area contributed by atoms with Crippen LogP contribution in [-0.2, 0) is 13.1 Å². The van der Waals surface area contributed by atoms with Crippen molar-refractivity contribution in [3.63, 3.8) is 0 Å². The van der Waals surface area contributed by atoms with Crippen molar-refractivity contribution in [2.75, 3.05) is 6.61 Å². The Hall–Kier alpha value is -2.91. The summed E-state index contributed by atoms with van der Waals surface area (Å²) in [7, 11) is 0. The van der Waals surface area contributed by atoms with Gasteiger partial charge in [-0.3, -0.25) is 4.79 Å². The molecule has 0 spiro atoms. The number of aliphatic hydroxyl groups excluding tert-OH is 1. The maximum Gasteiger partial charge on any atom is 0.270 e. The maximum atomic E-state index is 13.3. The van der Waals surface area contributed by atoms with Crippen molar-refractivity contribution in [3.8, 4) is 11.4 Å². The number of amides is 1. The van der Waals surface area contributed by atoms with Crippen molar-refractivity contribution in [2.45, 2.75) is 45.7 Å². The molecule has 3 aromatic rings. The van der Waals surface area contributed by atoms with Gasteiger partial charge < -0.3 is 10.4 Å². The van der Waals surface area contributed by atoms with Gasteiger partial charge in [-0.15, -0.1) is 10.2 Å². The fraction of sp³-hybridized carbons (Fsp3) is 0.435. The second-order valence-electron chi connectivity index (χ2n) is 8.55. The Bertz CT molecular complexity index is 1130. The van der Waals surface area contributed by atoms with Crippen LogP contribution in [0.3, 0.4) is 0 Å². The summed E-state index contributed by atoms with van der Waals surface area (Å²) in [6.45, 7) is 2.93. The third-order valence-electron chi connectivity index (χ3n) is 5.98. The smallest absolute Gasteiger partial charge is 0.270 e. The summed E-state index contributed by atoms with van der Waals surface area (Å²) in [5, 5.41) is 24.9. The van der Waals surface area contributed by atoms with Crippen LogP contribution in [0.4, 0.5) is 4.39 Å². The number of pyridine rings is 1. The van der Waals surface area contributed by atoms with Crippen LogP contribution in [0.25, 0.3) is 11.4 Å². The molecule has 10 heteroatoms. The minimum absolute atomic E-state index is 0.00770. The van der Waals surface area contributed by atoms with Crippen molar-refractivity contribution in [3.05, 3.63) is 58.1 Å². The van der Waals surface area contributed by atoms with E-state index in [1.54, 1.807) is 23.9 Å². The number of hydrogen-bond donors (Lipinski definition) is 2. The highest BCUT2D eigenvalue weighted by Crippen LogP contribution is 2.29. The first kappa shape index (κ1) is 23.3. The molecule has 0 radical (unpaired) electrons. The highest BCUT2D eigenvalue weighted by Gasteiger charge is 2.22. The number of aromatic nitrogens is 5. The third-order valence-corrected chi connectivity index (χ3v) is 6.27. The number of aliphatic hydroxyl groups is 1. The van der Waals surface area contributed by atoms with Crippen molar-refractivity contribution in [1.82, 2.24) is 30.5 Å². The van der Waals surface area contributed by atoms with Crippen LogP contribution in [0.5, 0.6) is 0 Å². The summed E-state index contributed by atoms with van der Waals surface area (Å²) in [6, 6.07) is 7.75. The Kier molecular flexibility index (Phi) is 7.29. The molecule has 0 saturated heterocycles. The number of carbonyl (C=O) groups excluding carboxylic acids is 1. The molecule has 1 amide bonds. The van der Waals surface area contributed by atoms with Gasteiger partial charge >= 0.3 is 0 Å². The van der Waals surface area contributed by atoms with Crippen molar-refractivity contribution in [2.24, 2.45) is 11.8 Å². The lowest BCUT2D eigenvalue weighted by Crippen LogP contribution is -2.24. The Morgan fingerprint density at radius 2 is 1.97 bits per heavy atom. The molecule has 1 saturated carbocycles. The van der Waals surface area contributed by atoms with Gasteiger partial charge in [-0.1, -0.05) is 17.7 Å². The monoisotopic (exact) mass is 472 g/mol. The highest BCUT2D eigenvalue weighted by molar-refractivity contribution is 6.30. The van der Waals surface area contributed by atoms with Gasteiger partial charge in [0, 0.05) is 24.4 Å². The van der Waals surface area contributed by atoms with Gasteiger partial charge in [0.05, 0.1) is 11.6 Å². The first-order valence-electron chi connectivity index (χ1n) is 11.0. The Balaban J connectivity index is 1.41. The van der Waals surface area contributed by atoms with Gasteiger partial charge in [0.1, 0.15) is 11.5 Å². The van der Waals surface area contributed by atoms with Crippen molar-refractivity contribution < 1.29 is 14.3 Å². The van der Waals surface area contributed by atoms with Crippen LogP contribution in [0, 0.1) is 24.6 Å². The number of hydrogen-bond acceptors (Lipinski definition) is 6. The van der Waals surface area contributed by atoms with E-state index in [0.717, 1.165) is 25.7 Å². The van der Waals surface area contributed by atoms with Crippen LogP contribution in [0.1, 0.15) is 47.4 Å². The summed E-state index contributed by atoms with van der Waals surface area (Å²) in [6.07, 6.45) is 4.13. The molecule has 0 atom stereocenters. The van der Waals surface area contributed by atoms with E-state index in [9.17, 15) is 14.3 Å². The number of aryl methyl sites for hydroxylation is 1. The van der Waals surface area contributed by atoms with Crippen molar-refractivity contribution in [1.29, 1.82) is 0 Å². The van der Waals surface area contributed by atoms with E-state index < -0.39 is 5.82 Å². The van der Waals surface area contributed by atoms with Gasteiger partial charge in [-0.2, -0.15) is 4.80 Å². The fourth-order valence-electron chi connectivity index (χ4n) is 4.10. The minimum Gasteiger partial charge on any atom is -0.396 e. The van der Waals surface area contributed by atoms with Gasteiger partial charge in [0.15, 0.2) is 0 Å². The topological polar surface area (TPSA) is 106 Å². The van der Waals surface area contributed by atoms with E-state index in [2.05, 4.69) is 25.7 Å². The SMILES string of the molecule is Cc1cc(-c2nnn(CC3CCC(CO)CC3)n2)cc(C(=O)NCc2ccc(F)c(Cl)c2)n1. The Morgan fingerprint density at radius 3 is 2.70 bits per heavy atom. The molecule has 2 aromatic heterocycles. The molecule has 1 aliphatic carbocycles. The van der Waals surface area contributed by atoms with Gasteiger partial charge in [-0.05, 0) is 79.5 Å². The first-order valence-corrected chi connectivity index (χ1v) is 11.4. The van der Waals surface area contributed by atoms with Crippen LogP contribution in [0.2, 0.25) is 5.02 Å². The summed E-state index contributed by atoms with van der Waals surface area (Å²) in [4.78, 5) is 18.6. The standard InChI is InChI=1S/C23H26ClFN6O2/c1-14-8-18(22-28-30-31(29-22)12-15-2-4-16(13-32)5-3-15)10-21(27-14)23(33)26-11-17-6-7-20(25)19(24)9-17/h6-10,15-16,32H,2-5,11-13H2,1H3,(H,26,33). The van der Waals surface area contributed by atoms with E-state index >= 15 is 0 Å². The molecule has 1 aromatic carbocycles. The minimum atomic E-state index is -0.505. The van der Waals surface area contributed by atoms with Crippen LogP contribution < -0.4 is 5.32 Å². The quantitative estimate of drug-likeness (QED) is 0.544. The highest BCUT2D eigenvalue weighted by atomic mass is 35.5. The molecule has 1 aliphatic rings. The van der Waals surface area contributed by atoms with Gasteiger partial charge in [-0.25, -0.2) is 9.37 Å². The van der Waals surface area contributed by atoms with Crippen LogP contribution in [0.15, 0.2) is 30.3 Å². The number of benzene rings is 1. The Labute approximate surface area is 196 Å². The first-order chi connectivity index (χ1) is 15.9. The lowest BCUT2D eigenvalue weighted by atomic mass is 9.82. The third kappa shape index (κ3) is 5.91. The van der Waals surface area contributed by atoms with Crippen LogP contribution >= 0.6 is 11.6 Å². The molecule has 4 rings (SSSR count). The van der Waals surface area contributed by atoms with Crippen molar-refractivity contribution >= 4 is 17.5 Å². The molecule has 174 valence electrons. The Morgan fingerprint density at radius 1 is 1.21 bits per heavy atom. The van der Waals surface area contributed by atoms with Crippen LogP contribution in [-0.4, -0.2) is 42.8 Å². The zero-order valence-electron chi connectivity index (χ0n) is 18.3. The lowest BCUT2D eigenvalue weighted by Gasteiger charge is -2.26. The van der Waals surface area contributed by atoms with E-state index in [-0.39, 0.29) is 29.8 Å². The largest absolute Gasteiger partial charge is 0.396 e. The second kappa shape index (κ2) is 10.4. The van der Waals surface area contributed by atoms with Gasteiger partial charge in [0.25, 0.3) is 5.91 Å². The molecule has 0 aliphatic heterocycles. The number of nitrogens with zero attached hydrogens (tertiary/aromatic N) is 5. The molecule has 33 heavy (non-hydrogen) atoms. The predicted octanol–water partition coefficient (Wildman–Crippen LogP) is 3.56. The molecular weight excluding hydrogens is 447 g/mol.